The van der Waals surface area contributed by atoms with Gasteiger partial charge in [-0.05, 0) is 19.4 Å². The molecule has 0 aromatic heterocycles. The van der Waals surface area contributed by atoms with Crippen molar-refractivity contribution in [1.82, 2.24) is 10.6 Å². The third-order valence-corrected chi connectivity index (χ3v) is 2.48. The molecule has 5 nitrogen and oxygen atoms in total. The SMILES string of the molecule is C[C@H](N)C(=O)N[C@@H](C)C(=O)NCc1ccccc1. The summed E-state index contributed by atoms with van der Waals surface area (Å²) in [5.41, 5.74) is 6.42. The van der Waals surface area contributed by atoms with Crippen LogP contribution in [-0.2, 0) is 16.1 Å². The number of carbonyl (C=O) groups is 2. The summed E-state index contributed by atoms with van der Waals surface area (Å²) in [6.07, 6.45) is 0. The maximum Gasteiger partial charge on any atom is 0.242 e. The first-order valence-corrected chi connectivity index (χ1v) is 5.88. The first-order valence-electron chi connectivity index (χ1n) is 5.88. The Morgan fingerprint density at radius 2 is 1.78 bits per heavy atom. The summed E-state index contributed by atoms with van der Waals surface area (Å²) in [7, 11) is 0. The summed E-state index contributed by atoms with van der Waals surface area (Å²) in [6.45, 7) is 3.64. The van der Waals surface area contributed by atoms with Crippen LogP contribution in [0.25, 0.3) is 0 Å². The molecule has 1 aromatic carbocycles. The fourth-order valence-electron chi connectivity index (χ4n) is 1.35. The number of carbonyl (C=O) groups excluding carboxylic acids is 2. The van der Waals surface area contributed by atoms with Crippen LogP contribution in [0.3, 0.4) is 0 Å². The monoisotopic (exact) mass is 249 g/mol. The molecule has 18 heavy (non-hydrogen) atoms. The van der Waals surface area contributed by atoms with Gasteiger partial charge in [0.1, 0.15) is 6.04 Å². The van der Waals surface area contributed by atoms with Gasteiger partial charge < -0.3 is 16.4 Å². The Bertz CT molecular complexity index is 404. The zero-order chi connectivity index (χ0) is 13.5. The molecule has 0 saturated heterocycles. The van der Waals surface area contributed by atoms with E-state index in [1.165, 1.54) is 0 Å². The number of hydrogen-bond acceptors (Lipinski definition) is 3. The number of rotatable bonds is 5. The lowest BCUT2D eigenvalue weighted by Crippen LogP contribution is -2.49. The van der Waals surface area contributed by atoms with Crippen LogP contribution in [0.5, 0.6) is 0 Å². The average molecular weight is 249 g/mol. The molecule has 0 bridgehead atoms. The molecular formula is C13H19N3O2. The van der Waals surface area contributed by atoms with Crippen molar-refractivity contribution in [3.05, 3.63) is 35.9 Å². The van der Waals surface area contributed by atoms with Gasteiger partial charge in [-0.15, -0.1) is 0 Å². The summed E-state index contributed by atoms with van der Waals surface area (Å²) < 4.78 is 0. The van der Waals surface area contributed by atoms with Crippen LogP contribution in [0.2, 0.25) is 0 Å². The molecule has 0 heterocycles. The summed E-state index contributed by atoms with van der Waals surface area (Å²) in [4.78, 5) is 23.0. The van der Waals surface area contributed by atoms with Crippen molar-refractivity contribution in [2.45, 2.75) is 32.5 Å². The van der Waals surface area contributed by atoms with Crippen molar-refractivity contribution in [1.29, 1.82) is 0 Å². The summed E-state index contributed by atoms with van der Waals surface area (Å²) in [5, 5.41) is 5.29. The van der Waals surface area contributed by atoms with Gasteiger partial charge in [-0.3, -0.25) is 9.59 Å². The van der Waals surface area contributed by atoms with Crippen LogP contribution in [0.4, 0.5) is 0 Å². The number of nitrogens with two attached hydrogens (primary N) is 1. The Kier molecular flexibility index (Phi) is 5.32. The van der Waals surface area contributed by atoms with E-state index in [-0.39, 0.29) is 11.8 Å². The highest BCUT2D eigenvalue weighted by atomic mass is 16.2. The normalized spacial score (nSPS) is 13.5. The molecule has 2 atom stereocenters. The molecule has 0 fully saturated rings. The number of hydrogen-bond donors (Lipinski definition) is 3. The molecule has 0 unspecified atom stereocenters. The van der Waals surface area contributed by atoms with Gasteiger partial charge in [-0.2, -0.15) is 0 Å². The second kappa shape index (κ2) is 6.76. The quantitative estimate of drug-likeness (QED) is 0.694. The first-order chi connectivity index (χ1) is 8.50. The van der Waals surface area contributed by atoms with Gasteiger partial charge in [-0.1, -0.05) is 30.3 Å². The van der Waals surface area contributed by atoms with Crippen molar-refractivity contribution < 1.29 is 9.59 Å². The lowest BCUT2D eigenvalue weighted by molar-refractivity contribution is -0.129. The third kappa shape index (κ3) is 4.55. The van der Waals surface area contributed by atoms with Crippen molar-refractivity contribution in [3.8, 4) is 0 Å². The topological polar surface area (TPSA) is 84.2 Å². The largest absolute Gasteiger partial charge is 0.350 e. The summed E-state index contributed by atoms with van der Waals surface area (Å²) in [6, 6.07) is 8.36. The predicted molar refractivity (Wildman–Crippen MR) is 69.5 cm³/mol. The van der Waals surface area contributed by atoms with Crippen LogP contribution >= 0.6 is 0 Å². The summed E-state index contributed by atoms with van der Waals surface area (Å²) >= 11 is 0. The maximum atomic E-state index is 11.7. The van der Waals surface area contributed by atoms with E-state index in [0.29, 0.717) is 6.54 Å². The van der Waals surface area contributed by atoms with E-state index < -0.39 is 12.1 Å². The van der Waals surface area contributed by atoms with Gasteiger partial charge in [0, 0.05) is 6.54 Å². The minimum Gasteiger partial charge on any atom is -0.350 e. The minimum atomic E-state index is -0.616. The fourth-order valence-corrected chi connectivity index (χ4v) is 1.35. The highest BCUT2D eigenvalue weighted by Crippen LogP contribution is 1.97. The smallest absolute Gasteiger partial charge is 0.242 e. The van der Waals surface area contributed by atoms with Crippen molar-refractivity contribution in [2.24, 2.45) is 5.73 Å². The molecule has 1 aromatic rings. The Labute approximate surface area is 107 Å². The van der Waals surface area contributed by atoms with Gasteiger partial charge in [0.05, 0.1) is 6.04 Å². The van der Waals surface area contributed by atoms with E-state index in [1.807, 2.05) is 30.3 Å². The highest BCUT2D eigenvalue weighted by Gasteiger charge is 2.16. The van der Waals surface area contributed by atoms with E-state index in [4.69, 9.17) is 5.73 Å². The Hall–Kier alpha value is -1.88. The van der Waals surface area contributed by atoms with Crippen molar-refractivity contribution >= 4 is 11.8 Å². The molecule has 5 heteroatoms. The Morgan fingerprint density at radius 3 is 2.33 bits per heavy atom. The van der Waals surface area contributed by atoms with Crippen LogP contribution < -0.4 is 16.4 Å². The standard InChI is InChI=1S/C13H19N3O2/c1-9(14)12(17)16-10(2)13(18)15-8-11-6-4-3-5-7-11/h3-7,9-10H,8,14H2,1-2H3,(H,15,18)(H,16,17)/t9-,10-/m0/s1. The zero-order valence-electron chi connectivity index (χ0n) is 10.6. The molecule has 98 valence electrons. The second-order valence-electron chi connectivity index (χ2n) is 4.22. The van der Waals surface area contributed by atoms with Crippen LogP contribution in [0.1, 0.15) is 19.4 Å². The van der Waals surface area contributed by atoms with Crippen LogP contribution in [0.15, 0.2) is 30.3 Å². The average Bonchev–Trinajstić information content (AvgIpc) is 2.36. The maximum absolute atomic E-state index is 11.7. The molecule has 0 aliphatic carbocycles. The van der Waals surface area contributed by atoms with Gasteiger partial charge in [-0.25, -0.2) is 0 Å². The van der Waals surface area contributed by atoms with E-state index >= 15 is 0 Å². The van der Waals surface area contributed by atoms with Gasteiger partial charge in [0.15, 0.2) is 0 Å². The molecular weight excluding hydrogens is 230 g/mol. The summed E-state index contributed by atoms with van der Waals surface area (Å²) in [5.74, 6) is -0.565. The number of amides is 2. The molecule has 1 rings (SSSR count). The molecule has 2 amide bonds. The van der Waals surface area contributed by atoms with E-state index in [1.54, 1.807) is 13.8 Å². The molecule has 0 radical (unpaired) electrons. The van der Waals surface area contributed by atoms with E-state index in [2.05, 4.69) is 10.6 Å². The third-order valence-electron chi connectivity index (χ3n) is 2.48. The van der Waals surface area contributed by atoms with E-state index in [0.717, 1.165) is 5.56 Å². The van der Waals surface area contributed by atoms with Crippen LogP contribution in [-0.4, -0.2) is 23.9 Å². The van der Waals surface area contributed by atoms with Gasteiger partial charge in [0.2, 0.25) is 11.8 Å². The fraction of sp³-hybridized carbons (Fsp3) is 0.385. The Balaban J connectivity index is 2.39. The van der Waals surface area contributed by atoms with Crippen LogP contribution in [0, 0.1) is 0 Å². The molecule has 0 saturated carbocycles. The number of nitrogens with one attached hydrogen (secondary N) is 2. The molecule has 0 spiro atoms. The lowest BCUT2D eigenvalue weighted by atomic mass is 10.2. The van der Waals surface area contributed by atoms with Crippen molar-refractivity contribution in [3.63, 3.8) is 0 Å². The first kappa shape index (κ1) is 14.2. The minimum absolute atomic E-state index is 0.229. The zero-order valence-corrected chi connectivity index (χ0v) is 10.6. The van der Waals surface area contributed by atoms with Crippen molar-refractivity contribution in [2.75, 3.05) is 0 Å². The Morgan fingerprint density at radius 1 is 1.17 bits per heavy atom. The lowest BCUT2D eigenvalue weighted by Gasteiger charge is -2.15. The molecule has 0 aliphatic heterocycles. The molecule has 4 N–H and O–H groups in total. The van der Waals surface area contributed by atoms with Gasteiger partial charge >= 0.3 is 0 Å². The van der Waals surface area contributed by atoms with Gasteiger partial charge in [0.25, 0.3) is 0 Å². The molecule has 0 aliphatic rings. The number of benzene rings is 1. The second-order valence-corrected chi connectivity index (χ2v) is 4.22. The predicted octanol–water partition coefficient (Wildman–Crippen LogP) is 0.155. The highest BCUT2D eigenvalue weighted by molar-refractivity contribution is 5.89. The van der Waals surface area contributed by atoms with E-state index in [9.17, 15) is 9.59 Å².